The Morgan fingerprint density at radius 2 is 1.58 bits per heavy atom. The molecule has 0 bridgehead atoms. The highest BCUT2D eigenvalue weighted by molar-refractivity contribution is 7.95. The van der Waals surface area contributed by atoms with Crippen LogP contribution in [0.25, 0.3) is 0 Å². The topological polar surface area (TPSA) is 184 Å². The monoisotopic (exact) mass is 334 g/mol. The van der Waals surface area contributed by atoms with Crippen LogP contribution in [0, 0.1) is 0 Å². The van der Waals surface area contributed by atoms with Crippen molar-refractivity contribution in [3.8, 4) is 0 Å². The average Bonchev–Trinajstić information content (AvgIpc) is 2.12. The van der Waals surface area contributed by atoms with Gasteiger partial charge in [0.15, 0.2) is 0 Å². The molecule has 10 nitrogen and oxygen atoms in total. The molecular weight excluding hydrogens is 326 g/mol. The second-order valence-electron chi connectivity index (χ2n) is 2.71. The van der Waals surface area contributed by atoms with Crippen molar-refractivity contribution >= 4 is 37.6 Å². The SMILES string of the molecule is Nc1ccccc1S(=O)(=O)OS(=O)[O-].O=S(=O)(O)O. The lowest BCUT2D eigenvalue weighted by Gasteiger charge is -2.07. The Hall–Kier alpha value is -1.09. The zero-order valence-electron chi connectivity index (χ0n) is 8.86. The van der Waals surface area contributed by atoms with E-state index in [4.69, 9.17) is 23.3 Å². The van der Waals surface area contributed by atoms with E-state index in [2.05, 4.69) is 3.63 Å². The molecule has 0 amide bonds. The third-order valence-corrected chi connectivity index (χ3v) is 3.40. The van der Waals surface area contributed by atoms with Crippen LogP contribution in [-0.4, -0.2) is 34.7 Å². The van der Waals surface area contributed by atoms with E-state index < -0.39 is 31.9 Å². The molecule has 0 aliphatic carbocycles. The van der Waals surface area contributed by atoms with Crippen LogP contribution in [0.15, 0.2) is 29.2 Å². The van der Waals surface area contributed by atoms with Crippen molar-refractivity contribution in [1.82, 2.24) is 0 Å². The van der Waals surface area contributed by atoms with Crippen LogP contribution < -0.4 is 5.73 Å². The van der Waals surface area contributed by atoms with Gasteiger partial charge in [0.05, 0.1) is 5.69 Å². The van der Waals surface area contributed by atoms with Gasteiger partial charge in [0.1, 0.15) is 16.3 Å². The van der Waals surface area contributed by atoms with E-state index in [1.54, 1.807) is 0 Å². The summed E-state index contributed by atoms with van der Waals surface area (Å²) in [5, 5.41) is 0. The summed E-state index contributed by atoms with van der Waals surface area (Å²) >= 11 is -3.14. The standard InChI is InChI=1S/C6H7NO5S2.H2O4S/c7-5-3-1-2-4-6(5)14(10,11)12-13(8)9;1-5(2,3)4/h1-4H,7H2,(H,8,9);(H2,1,2,3,4)/p-1. The van der Waals surface area contributed by atoms with Crippen LogP contribution in [0.4, 0.5) is 5.69 Å². The fourth-order valence-corrected chi connectivity index (χ4v) is 2.30. The molecule has 0 heterocycles. The van der Waals surface area contributed by atoms with Crippen molar-refractivity contribution in [3.05, 3.63) is 24.3 Å². The summed E-state index contributed by atoms with van der Waals surface area (Å²) in [5.74, 6) is 0. The van der Waals surface area contributed by atoms with E-state index >= 15 is 0 Å². The van der Waals surface area contributed by atoms with E-state index in [1.165, 1.54) is 18.2 Å². The largest absolute Gasteiger partial charge is 0.749 e. The normalized spacial score (nSPS) is 13.2. The van der Waals surface area contributed by atoms with Gasteiger partial charge in [0.25, 0.3) is 0 Å². The summed E-state index contributed by atoms with van der Waals surface area (Å²) in [5.41, 5.74) is 5.25. The smallest absolute Gasteiger partial charge is 0.394 e. The van der Waals surface area contributed by atoms with Crippen LogP contribution in [0.1, 0.15) is 0 Å². The van der Waals surface area contributed by atoms with E-state index in [-0.39, 0.29) is 10.6 Å². The highest BCUT2D eigenvalue weighted by Crippen LogP contribution is 2.19. The van der Waals surface area contributed by atoms with E-state index in [9.17, 15) is 17.2 Å². The number of para-hydroxylation sites is 1. The predicted octanol–water partition coefficient (Wildman–Crippen LogP) is -0.885. The van der Waals surface area contributed by atoms with Crippen molar-refractivity contribution in [2.75, 3.05) is 5.73 Å². The Morgan fingerprint density at radius 1 is 1.16 bits per heavy atom. The molecule has 1 unspecified atom stereocenters. The fourth-order valence-electron chi connectivity index (χ4n) is 0.818. The summed E-state index contributed by atoms with van der Waals surface area (Å²) in [7, 11) is -8.99. The van der Waals surface area contributed by atoms with E-state index in [0.717, 1.165) is 6.07 Å². The van der Waals surface area contributed by atoms with Crippen LogP contribution in [0.3, 0.4) is 0 Å². The zero-order valence-corrected chi connectivity index (χ0v) is 11.3. The van der Waals surface area contributed by atoms with Gasteiger partial charge in [0.2, 0.25) is 0 Å². The third-order valence-electron chi connectivity index (χ3n) is 1.33. The molecule has 1 atom stereocenters. The maximum atomic E-state index is 11.2. The molecule has 0 saturated heterocycles. The molecule has 13 heteroatoms. The summed E-state index contributed by atoms with van der Waals surface area (Å²) in [6, 6.07) is 5.39. The zero-order chi connectivity index (χ0) is 15.3. The second kappa shape index (κ2) is 6.90. The number of anilines is 1. The number of rotatable bonds is 3. The minimum atomic E-state index is -4.67. The maximum Gasteiger partial charge on any atom is 0.394 e. The van der Waals surface area contributed by atoms with Gasteiger partial charge in [-0.3, -0.25) is 9.11 Å². The number of benzene rings is 1. The Labute approximate surface area is 111 Å². The molecule has 4 N–H and O–H groups in total. The molecule has 0 radical (unpaired) electrons. The van der Waals surface area contributed by atoms with Crippen LogP contribution >= 0.6 is 0 Å². The van der Waals surface area contributed by atoms with Crippen LogP contribution in [-0.2, 0) is 35.5 Å². The van der Waals surface area contributed by atoms with E-state index in [1.807, 2.05) is 0 Å². The first-order valence-electron chi connectivity index (χ1n) is 4.02. The van der Waals surface area contributed by atoms with Crippen molar-refractivity contribution in [2.24, 2.45) is 0 Å². The van der Waals surface area contributed by atoms with Gasteiger partial charge >= 0.3 is 20.5 Å². The van der Waals surface area contributed by atoms with Gasteiger partial charge in [-0.25, -0.2) is 4.21 Å². The third kappa shape index (κ3) is 8.60. The van der Waals surface area contributed by atoms with Crippen LogP contribution in [0.5, 0.6) is 0 Å². The van der Waals surface area contributed by atoms with Gasteiger partial charge in [-0.2, -0.15) is 20.5 Å². The molecule has 0 aromatic heterocycles. The van der Waals surface area contributed by atoms with Crippen molar-refractivity contribution in [3.63, 3.8) is 0 Å². The highest BCUT2D eigenvalue weighted by Gasteiger charge is 2.18. The molecular formula is C6H8NO9S3-. The first-order chi connectivity index (χ1) is 8.43. The molecule has 1 rings (SSSR count). The highest BCUT2D eigenvalue weighted by atomic mass is 32.3. The summed E-state index contributed by atoms with van der Waals surface area (Å²) < 4.78 is 77.7. The lowest BCUT2D eigenvalue weighted by Crippen LogP contribution is -2.10. The predicted molar refractivity (Wildman–Crippen MR) is 62.2 cm³/mol. The number of hydrogen-bond acceptors (Lipinski definition) is 8. The average molecular weight is 334 g/mol. The second-order valence-corrected chi connectivity index (χ2v) is 5.91. The summed E-state index contributed by atoms with van der Waals surface area (Å²) in [4.78, 5) is -0.371. The molecule has 19 heavy (non-hydrogen) atoms. The Kier molecular flexibility index (Phi) is 6.50. The van der Waals surface area contributed by atoms with E-state index in [0.29, 0.717) is 0 Å². The van der Waals surface area contributed by atoms with Crippen molar-refractivity contribution < 1.29 is 38.3 Å². The lowest BCUT2D eigenvalue weighted by molar-refractivity contribution is 0.380. The maximum absolute atomic E-state index is 11.2. The van der Waals surface area contributed by atoms with Crippen LogP contribution in [0.2, 0.25) is 0 Å². The first kappa shape index (κ1) is 17.9. The molecule has 0 fully saturated rings. The Balaban J connectivity index is 0.000000555. The molecule has 0 saturated carbocycles. The Bertz CT molecular complexity index is 642. The quantitative estimate of drug-likeness (QED) is 0.356. The van der Waals surface area contributed by atoms with Gasteiger partial charge in [0, 0.05) is 0 Å². The van der Waals surface area contributed by atoms with Gasteiger partial charge in [-0.15, -0.1) is 0 Å². The summed E-state index contributed by atoms with van der Waals surface area (Å²) in [6.45, 7) is 0. The molecule has 1 aromatic carbocycles. The Morgan fingerprint density at radius 3 is 1.95 bits per heavy atom. The number of nitrogen functional groups attached to an aromatic ring is 1. The minimum Gasteiger partial charge on any atom is -0.749 e. The van der Waals surface area contributed by atoms with Gasteiger partial charge in [-0.05, 0) is 12.1 Å². The number of nitrogens with two attached hydrogens (primary N) is 1. The molecule has 0 spiro atoms. The lowest BCUT2D eigenvalue weighted by atomic mass is 10.3. The van der Waals surface area contributed by atoms with Crippen molar-refractivity contribution in [2.45, 2.75) is 4.90 Å². The molecule has 0 aliphatic heterocycles. The fraction of sp³-hybridized carbons (Fsp3) is 0. The number of hydrogen-bond donors (Lipinski definition) is 3. The minimum absolute atomic E-state index is 0.0713. The molecule has 0 aliphatic rings. The van der Waals surface area contributed by atoms with Crippen molar-refractivity contribution in [1.29, 1.82) is 0 Å². The molecule has 1 aromatic rings. The van der Waals surface area contributed by atoms with Gasteiger partial charge in [-0.1, -0.05) is 12.1 Å². The first-order valence-corrected chi connectivity index (χ1v) is 7.82. The summed E-state index contributed by atoms with van der Waals surface area (Å²) in [6.07, 6.45) is 0. The molecule has 110 valence electrons. The van der Waals surface area contributed by atoms with Gasteiger partial charge < -0.3 is 10.3 Å².